The molecule has 5 heterocycles. The number of aliphatic hydroxyl groups is 1. The standard InChI is InChI=1S/C17H22F3NO5S.C17H22N2O2.C16H23NO3.C14H18N2.C9H17NO3/c1-4-25-15(22)21-9-7-16(3,8-10-21)13-6-5-12(2)11-14(13)26-27(23,24)17(18,19)20;1-4-21-16(20)19-9-7-17(3,8-10-19)15-6-5-13(2)11-14(15)12-18;1-4-20-15(19)17-9-7-16(3,8-10-17)13-6-5-12(2)11-14(13)18;1-11-3-4-13(12(9-11)10-15)14(2)5-7-16-8-6-14;1-3-13-8(11)10-6-4-9(2,12)5-7-10/h5-6,11H,4,7-10H2,1-3H3;5-6,11H,4,7-10H2,1-3H3;5-6,11,18H,4,7-10H2,1-3H3;3-4,9,16H,5-8H2,1-2H3;12H,3-7H2,1-2H3. The molecular formula is C73H102F3N7O13S. The maximum Gasteiger partial charge on any atom is 0.534 e. The second-order valence-electron chi connectivity index (χ2n) is 27.1. The Hall–Kier alpha value is -7.80. The predicted octanol–water partition coefficient (Wildman–Crippen LogP) is 13.8. The molecule has 4 amide bonds. The van der Waals surface area contributed by atoms with Gasteiger partial charge in [0, 0.05) is 57.9 Å². The fourth-order valence-corrected chi connectivity index (χ4v) is 13.2. The molecule has 4 aromatic rings. The van der Waals surface area contributed by atoms with Gasteiger partial charge in [-0.3, -0.25) is 0 Å². The van der Waals surface area contributed by atoms with Crippen LogP contribution in [0.1, 0.15) is 182 Å². The minimum absolute atomic E-state index is 0.0538. The summed E-state index contributed by atoms with van der Waals surface area (Å²) in [7, 11) is -5.77. The number of aromatic hydroxyl groups is 1. The van der Waals surface area contributed by atoms with Gasteiger partial charge in [0.05, 0.1) is 55.3 Å². The lowest BCUT2D eigenvalue weighted by Crippen LogP contribution is -2.45. The van der Waals surface area contributed by atoms with E-state index in [1.807, 2.05) is 65.8 Å². The van der Waals surface area contributed by atoms with Crippen LogP contribution in [0.2, 0.25) is 0 Å². The number of rotatable bonds is 10. The first-order valence-electron chi connectivity index (χ1n) is 33.6. The van der Waals surface area contributed by atoms with Crippen LogP contribution in [0, 0.1) is 50.4 Å². The lowest BCUT2D eigenvalue weighted by Gasteiger charge is -2.39. The molecule has 97 heavy (non-hydrogen) atoms. The molecule has 0 unspecified atom stereocenters. The van der Waals surface area contributed by atoms with E-state index in [0.29, 0.717) is 115 Å². The highest BCUT2D eigenvalue weighted by Gasteiger charge is 2.50. The SMILES string of the molecule is CCOC(=O)N1CCC(C)(O)CC1.CCOC(=O)N1CCC(C)(c2ccc(C)cc2C#N)CC1.CCOC(=O)N1CCC(C)(c2ccc(C)cc2O)CC1.CCOC(=O)N1CCC(C)(c2ccc(C)cc2OS(=O)(=O)C(F)(F)F)CC1.Cc1ccc(C2(C)CCNCC2)c(C#N)c1. The Morgan fingerprint density at radius 1 is 0.485 bits per heavy atom. The van der Waals surface area contributed by atoms with Crippen LogP contribution in [-0.2, 0) is 50.7 Å². The number of phenolic OH excluding ortho intramolecular Hbond substituents is 1. The number of likely N-dealkylation sites (tertiary alicyclic amines) is 4. The molecule has 9 rings (SSSR count). The lowest BCUT2D eigenvalue weighted by molar-refractivity contribution is -0.0501. The van der Waals surface area contributed by atoms with Crippen molar-refractivity contribution in [2.75, 3.05) is 91.9 Å². The number of ether oxygens (including phenoxy) is 4. The van der Waals surface area contributed by atoms with Crippen LogP contribution >= 0.6 is 0 Å². The average molecular weight is 1370 g/mol. The molecule has 0 saturated carbocycles. The van der Waals surface area contributed by atoms with Gasteiger partial charge in [-0.1, -0.05) is 76.2 Å². The number of amides is 4. The Morgan fingerprint density at radius 2 is 0.773 bits per heavy atom. The van der Waals surface area contributed by atoms with Gasteiger partial charge in [0.1, 0.15) is 11.5 Å². The van der Waals surface area contributed by atoms with Crippen molar-refractivity contribution in [3.8, 4) is 23.6 Å². The zero-order valence-corrected chi connectivity index (χ0v) is 59.8. The predicted molar refractivity (Wildman–Crippen MR) is 365 cm³/mol. The normalized spacial score (nSPS) is 18.3. The van der Waals surface area contributed by atoms with Gasteiger partial charge >= 0.3 is 40.0 Å². The number of nitriles is 2. The first-order valence-corrected chi connectivity index (χ1v) is 35.0. The zero-order chi connectivity index (χ0) is 72.2. The van der Waals surface area contributed by atoms with Gasteiger partial charge in [0.2, 0.25) is 0 Å². The highest BCUT2D eigenvalue weighted by molar-refractivity contribution is 7.88. The molecule has 0 aromatic heterocycles. The Morgan fingerprint density at radius 3 is 1.10 bits per heavy atom. The third-order valence-corrected chi connectivity index (χ3v) is 20.2. The number of phenols is 1. The molecule has 0 radical (unpaired) electrons. The number of carbonyl (C=O) groups is 4. The maximum absolute atomic E-state index is 12.7. The molecule has 5 aliphatic heterocycles. The topological polar surface area (TPSA) is 262 Å². The van der Waals surface area contributed by atoms with Gasteiger partial charge in [0.15, 0.2) is 0 Å². The van der Waals surface area contributed by atoms with E-state index < -0.39 is 32.7 Å². The minimum atomic E-state index is -5.77. The molecule has 5 saturated heterocycles. The molecular weight excluding hydrogens is 1270 g/mol. The summed E-state index contributed by atoms with van der Waals surface area (Å²) in [4.78, 5) is 53.2. The van der Waals surface area contributed by atoms with Crippen LogP contribution in [0.15, 0.2) is 72.8 Å². The molecule has 3 N–H and O–H groups in total. The summed E-state index contributed by atoms with van der Waals surface area (Å²) in [5, 5.41) is 41.7. The largest absolute Gasteiger partial charge is 0.534 e. The molecule has 0 spiro atoms. The van der Waals surface area contributed by atoms with Gasteiger partial charge in [-0.15, -0.1) is 0 Å². The second kappa shape index (κ2) is 35.1. The summed E-state index contributed by atoms with van der Waals surface area (Å²) in [5.41, 5.74) is 2.42. The van der Waals surface area contributed by atoms with E-state index in [1.165, 1.54) is 16.5 Å². The van der Waals surface area contributed by atoms with Gasteiger partial charge < -0.3 is 58.3 Å². The van der Waals surface area contributed by atoms with Crippen molar-refractivity contribution in [1.29, 1.82) is 10.5 Å². The number of hydrogen-bond donors (Lipinski definition) is 3. The third kappa shape index (κ3) is 22.1. The number of alkyl halides is 3. The van der Waals surface area contributed by atoms with Gasteiger partial charge in [-0.2, -0.15) is 32.1 Å². The third-order valence-electron chi connectivity index (χ3n) is 19.2. The van der Waals surface area contributed by atoms with Crippen molar-refractivity contribution in [3.63, 3.8) is 0 Å². The van der Waals surface area contributed by atoms with Gasteiger partial charge in [-0.05, 0) is 224 Å². The van der Waals surface area contributed by atoms with Crippen molar-refractivity contribution in [1.82, 2.24) is 24.9 Å². The van der Waals surface area contributed by atoms with E-state index in [4.69, 9.17) is 18.9 Å². The van der Waals surface area contributed by atoms with Gasteiger partial charge in [0.25, 0.3) is 0 Å². The van der Waals surface area contributed by atoms with E-state index in [0.717, 1.165) is 90.6 Å². The molecule has 4 aromatic carbocycles. The van der Waals surface area contributed by atoms with Crippen LogP contribution in [0.4, 0.5) is 32.3 Å². The maximum atomic E-state index is 12.7. The Kier molecular flexibility index (Phi) is 28.9. The molecule has 5 fully saturated rings. The lowest BCUT2D eigenvalue weighted by atomic mass is 9.73. The number of benzene rings is 4. The van der Waals surface area contributed by atoms with Crippen LogP contribution in [0.3, 0.4) is 0 Å². The van der Waals surface area contributed by atoms with Crippen LogP contribution in [0.5, 0.6) is 11.5 Å². The zero-order valence-electron chi connectivity index (χ0n) is 59.0. The van der Waals surface area contributed by atoms with E-state index in [2.05, 4.69) is 66.7 Å². The highest BCUT2D eigenvalue weighted by Crippen LogP contribution is 2.44. The molecule has 534 valence electrons. The summed E-state index contributed by atoms with van der Waals surface area (Å²) in [6, 6.07) is 27.3. The molecule has 20 nitrogen and oxygen atoms in total. The number of hydrogen-bond acceptors (Lipinski definition) is 16. The molecule has 5 aliphatic rings. The Labute approximate surface area is 572 Å². The van der Waals surface area contributed by atoms with Gasteiger partial charge in [-0.25, -0.2) is 19.2 Å². The summed E-state index contributed by atoms with van der Waals surface area (Å²) < 4.78 is 85.5. The summed E-state index contributed by atoms with van der Waals surface area (Å²) in [5.74, 6) is 0.0245. The van der Waals surface area contributed by atoms with Crippen molar-refractivity contribution in [2.45, 2.75) is 187 Å². The average Bonchev–Trinajstić information content (AvgIpc) is 0.794. The van der Waals surface area contributed by atoms with Crippen molar-refractivity contribution in [2.24, 2.45) is 0 Å². The molecule has 0 bridgehead atoms. The minimum Gasteiger partial charge on any atom is -0.508 e. The van der Waals surface area contributed by atoms with Crippen molar-refractivity contribution >= 4 is 34.5 Å². The van der Waals surface area contributed by atoms with E-state index in [-0.39, 0.29) is 46.9 Å². The summed E-state index contributed by atoms with van der Waals surface area (Å²) >= 11 is 0. The number of nitrogens with zero attached hydrogens (tertiary/aromatic N) is 6. The fraction of sp³-hybridized carbons (Fsp3) is 0.589. The number of aryl methyl sites for hydroxylation is 4. The quantitative estimate of drug-likeness (QED) is 0.0757. The highest BCUT2D eigenvalue weighted by atomic mass is 32.2. The number of piperidine rings is 5. The number of halogens is 3. The Bertz CT molecular complexity index is 3490. The van der Waals surface area contributed by atoms with E-state index >= 15 is 0 Å². The second-order valence-corrected chi connectivity index (χ2v) is 28.6. The molecule has 0 aliphatic carbocycles. The van der Waals surface area contributed by atoms with E-state index in [1.54, 1.807) is 60.6 Å². The van der Waals surface area contributed by atoms with Crippen LogP contribution in [0.25, 0.3) is 0 Å². The van der Waals surface area contributed by atoms with Crippen LogP contribution in [-0.4, -0.2) is 166 Å². The van der Waals surface area contributed by atoms with Crippen LogP contribution < -0.4 is 9.50 Å². The smallest absolute Gasteiger partial charge is 0.508 e. The van der Waals surface area contributed by atoms with Crippen molar-refractivity contribution < 1.29 is 74.1 Å². The summed E-state index contributed by atoms with van der Waals surface area (Å²) in [6.45, 7) is 33.1. The Balaban J connectivity index is 0.000000223. The first-order chi connectivity index (χ1) is 45.6. The summed E-state index contributed by atoms with van der Waals surface area (Å²) in [6.07, 6.45) is 6.55. The number of carbonyl (C=O) groups excluding carboxylic acids is 4. The fourth-order valence-electron chi connectivity index (χ4n) is 12.7. The van der Waals surface area contributed by atoms with Crippen molar-refractivity contribution in [3.05, 3.63) is 128 Å². The monoisotopic (exact) mass is 1370 g/mol. The molecule has 0 atom stereocenters. The first kappa shape index (κ1) is 79.9. The molecule has 24 heteroatoms. The van der Waals surface area contributed by atoms with E-state index in [9.17, 15) is 61.5 Å². The number of nitrogens with one attached hydrogen (secondary N) is 1.